The number of hydrogen-bond acceptors (Lipinski definition) is 4. The third-order valence-corrected chi connectivity index (χ3v) is 3.21. The molecule has 1 rings (SSSR count). The van der Waals surface area contributed by atoms with Crippen LogP contribution in [-0.4, -0.2) is 37.4 Å². The van der Waals surface area contributed by atoms with E-state index in [1.807, 2.05) is 13.8 Å². The van der Waals surface area contributed by atoms with Gasteiger partial charge in [0.2, 0.25) is 11.8 Å². The van der Waals surface area contributed by atoms with Gasteiger partial charge in [-0.2, -0.15) is 0 Å². The highest BCUT2D eigenvalue weighted by Crippen LogP contribution is 2.14. The highest BCUT2D eigenvalue weighted by Gasteiger charge is 2.17. The minimum Gasteiger partial charge on any atom is -0.488 e. The van der Waals surface area contributed by atoms with Crippen molar-refractivity contribution in [3.8, 4) is 5.75 Å². The number of benzene rings is 1. The van der Waals surface area contributed by atoms with E-state index < -0.39 is 19.1 Å². The molecule has 0 bridgehead atoms. The summed E-state index contributed by atoms with van der Waals surface area (Å²) in [6, 6.07) is 5.83. The molecule has 8 heteroatoms. The molecular formula is C16H23F2N3O3. The van der Waals surface area contributed by atoms with E-state index in [0.717, 1.165) is 0 Å². The fourth-order valence-electron chi connectivity index (χ4n) is 1.76. The summed E-state index contributed by atoms with van der Waals surface area (Å²) in [5.41, 5.74) is 6.36. The van der Waals surface area contributed by atoms with E-state index in [2.05, 4.69) is 10.6 Å². The van der Waals surface area contributed by atoms with Crippen molar-refractivity contribution in [1.29, 1.82) is 0 Å². The number of ether oxygens (including phenoxy) is 1. The minimum absolute atomic E-state index is 0.0240. The smallest absolute Gasteiger partial charge is 0.272 e. The largest absolute Gasteiger partial charge is 0.488 e. The molecule has 0 aliphatic carbocycles. The van der Waals surface area contributed by atoms with Gasteiger partial charge in [-0.1, -0.05) is 26.0 Å². The van der Waals surface area contributed by atoms with Crippen molar-refractivity contribution >= 4 is 11.8 Å². The predicted molar refractivity (Wildman–Crippen MR) is 85.6 cm³/mol. The first-order valence-corrected chi connectivity index (χ1v) is 7.59. The van der Waals surface area contributed by atoms with E-state index in [4.69, 9.17) is 10.5 Å². The number of carbonyl (C=O) groups is 2. The monoisotopic (exact) mass is 343 g/mol. The molecule has 1 aromatic carbocycles. The van der Waals surface area contributed by atoms with Crippen LogP contribution in [0.2, 0.25) is 0 Å². The Morgan fingerprint density at radius 1 is 1.25 bits per heavy atom. The van der Waals surface area contributed by atoms with Gasteiger partial charge >= 0.3 is 0 Å². The maximum Gasteiger partial charge on any atom is 0.272 e. The number of nitrogens with one attached hydrogen (secondary N) is 2. The molecule has 134 valence electrons. The predicted octanol–water partition coefficient (Wildman–Crippen LogP) is 1.05. The molecule has 0 saturated carbocycles. The average Bonchev–Trinajstić information content (AvgIpc) is 2.55. The fraction of sp³-hybridized carbons (Fsp3) is 0.500. The zero-order valence-electron chi connectivity index (χ0n) is 13.7. The number of hydrogen-bond donors (Lipinski definition) is 3. The lowest BCUT2D eigenvalue weighted by molar-refractivity contribution is -0.127. The van der Waals surface area contributed by atoms with Crippen LogP contribution in [-0.2, 0) is 16.1 Å². The van der Waals surface area contributed by atoms with Crippen LogP contribution in [0.3, 0.4) is 0 Å². The van der Waals surface area contributed by atoms with E-state index >= 15 is 0 Å². The summed E-state index contributed by atoms with van der Waals surface area (Å²) >= 11 is 0. The molecule has 1 aromatic rings. The van der Waals surface area contributed by atoms with Crippen LogP contribution in [0.15, 0.2) is 24.3 Å². The fourth-order valence-corrected chi connectivity index (χ4v) is 1.76. The number of rotatable bonds is 9. The van der Waals surface area contributed by atoms with Crippen LogP contribution in [0.4, 0.5) is 8.78 Å². The zero-order valence-corrected chi connectivity index (χ0v) is 13.7. The first-order valence-electron chi connectivity index (χ1n) is 7.59. The summed E-state index contributed by atoms with van der Waals surface area (Å²) < 4.78 is 29.1. The molecule has 0 radical (unpaired) electrons. The van der Waals surface area contributed by atoms with Crippen molar-refractivity contribution in [3.63, 3.8) is 0 Å². The lowest BCUT2D eigenvalue weighted by Gasteiger charge is -2.15. The highest BCUT2D eigenvalue weighted by molar-refractivity contribution is 5.87. The van der Waals surface area contributed by atoms with E-state index in [1.54, 1.807) is 24.3 Å². The molecule has 0 aliphatic rings. The zero-order chi connectivity index (χ0) is 18.1. The summed E-state index contributed by atoms with van der Waals surface area (Å²) in [7, 11) is 0. The molecular weight excluding hydrogens is 320 g/mol. The number of carbonyl (C=O) groups excluding carboxylic acids is 2. The molecule has 2 amide bonds. The molecule has 0 fully saturated rings. The number of nitrogens with two attached hydrogens (primary N) is 1. The van der Waals surface area contributed by atoms with E-state index in [-0.39, 0.29) is 30.8 Å². The van der Waals surface area contributed by atoms with Crippen molar-refractivity contribution in [1.82, 2.24) is 10.6 Å². The van der Waals surface area contributed by atoms with Gasteiger partial charge in [0.25, 0.3) is 6.43 Å². The first-order chi connectivity index (χ1) is 11.3. The molecule has 6 nitrogen and oxygen atoms in total. The SMILES string of the molecule is CC(C)[C@H](N)C(=O)NCC(=O)NCc1cccc(OCC(F)F)c1. The van der Waals surface area contributed by atoms with Crippen molar-refractivity contribution in [2.75, 3.05) is 13.2 Å². The van der Waals surface area contributed by atoms with Gasteiger partial charge in [-0.3, -0.25) is 9.59 Å². The van der Waals surface area contributed by atoms with Gasteiger partial charge in [0, 0.05) is 6.54 Å². The third kappa shape index (κ3) is 7.36. The van der Waals surface area contributed by atoms with Gasteiger partial charge in [0.15, 0.2) is 0 Å². The lowest BCUT2D eigenvalue weighted by atomic mass is 10.1. The van der Waals surface area contributed by atoms with Crippen LogP contribution < -0.4 is 21.1 Å². The van der Waals surface area contributed by atoms with Crippen LogP contribution in [0.25, 0.3) is 0 Å². The van der Waals surface area contributed by atoms with E-state index in [9.17, 15) is 18.4 Å². The second-order valence-electron chi connectivity index (χ2n) is 5.61. The number of amides is 2. The second-order valence-corrected chi connectivity index (χ2v) is 5.61. The molecule has 4 N–H and O–H groups in total. The van der Waals surface area contributed by atoms with Gasteiger partial charge in [0.1, 0.15) is 12.4 Å². The van der Waals surface area contributed by atoms with E-state index in [0.29, 0.717) is 11.3 Å². The summed E-state index contributed by atoms with van der Waals surface area (Å²) in [5, 5.41) is 5.08. The van der Waals surface area contributed by atoms with Crippen molar-refractivity contribution in [3.05, 3.63) is 29.8 Å². The maximum atomic E-state index is 12.1. The summed E-state index contributed by atoms with van der Waals surface area (Å²) in [4.78, 5) is 23.4. The van der Waals surface area contributed by atoms with Gasteiger partial charge in [-0.15, -0.1) is 0 Å². The Balaban J connectivity index is 2.39. The molecule has 0 spiro atoms. The summed E-state index contributed by atoms with van der Waals surface area (Å²) in [6.45, 7) is 2.95. The van der Waals surface area contributed by atoms with E-state index in [1.165, 1.54) is 0 Å². The van der Waals surface area contributed by atoms with Crippen molar-refractivity contribution in [2.24, 2.45) is 11.7 Å². The van der Waals surface area contributed by atoms with Gasteiger partial charge in [-0.05, 0) is 23.6 Å². The second kappa shape index (κ2) is 9.82. The third-order valence-electron chi connectivity index (χ3n) is 3.21. The quantitative estimate of drug-likeness (QED) is 0.625. The van der Waals surface area contributed by atoms with Crippen molar-refractivity contribution < 1.29 is 23.1 Å². The van der Waals surface area contributed by atoms with Gasteiger partial charge in [0.05, 0.1) is 12.6 Å². The van der Waals surface area contributed by atoms with Crippen LogP contribution in [0.5, 0.6) is 5.75 Å². The molecule has 0 unspecified atom stereocenters. The Labute approximate surface area is 139 Å². The molecule has 0 saturated heterocycles. The molecule has 0 heterocycles. The Hall–Kier alpha value is -2.22. The van der Waals surface area contributed by atoms with Crippen LogP contribution in [0.1, 0.15) is 19.4 Å². The Morgan fingerprint density at radius 2 is 1.96 bits per heavy atom. The Bertz CT molecular complexity index is 553. The summed E-state index contributed by atoms with van der Waals surface area (Å²) in [5.74, 6) is -0.483. The normalized spacial score (nSPS) is 12.1. The number of halogens is 2. The van der Waals surface area contributed by atoms with Crippen LogP contribution in [0, 0.1) is 5.92 Å². The van der Waals surface area contributed by atoms with Crippen LogP contribution >= 0.6 is 0 Å². The molecule has 1 atom stereocenters. The van der Waals surface area contributed by atoms with Crippen molar-refractivity contribution in [2.45, 2.75) is 32.9 Å². The topological polar surface area (TPSA) is 93.5 Å². The molecule has 0 aliphatic heterocycles. The summed E-state index contributed by atoms with van der Waals surface area (Å²) in [6.07, 6.45) is -2.55. The Morgan fingerprint density at radius 3 is 2.58 bits per heavy atom. The molecule has 24 heavy (non-hydrogen) atoms. The first kappa shape index (κ1) is 19.8. The Kier molecular flexibility index (Phi) is 8.11. The maximum absolute atomic E-state index is 12.1. The standard InChI is InChI=1S/C16H23F2N3O3/c1-10(2)15(19)16(23)21-8-14(22)20-7-11-4-3-5-12(6-11)24-9-13(17)18/h3-6,10,13,15H,7-9,19H2,1-2H3,(H,20,22)(H,21,23)/t15-/m0/s1. The lowest BCUT2D eigenvalue weighted by Crippen LogP contribution is -2.47. The average molecular weight is 343 g/mol. The number of alkyl halides is 2. The minimum atomic E-state index is -2.55. The highest BCUT2D eigenvalue weighted by atomic mass is 19.3. The van der Waals surface area contributed by atoms with Gasteiger partial charge in [-0.25, -0.2) is 8.78 Å². The van der Waals surface area contributed by atoms with Gasteiger partial charge < -0.3 is 21.1 Å². The molecule has 0 aromatic heterocycles.